The Bertz CT molecular complexity index is 1550. The van der Waals surface area contributed by atoms with Gasteiger partial charge in [0.1, 0.15) is 34.4 Å². The molecule has 0 saturated carbocycles. The van der Waals surface area contributed by atoms with Crippen LogP contribution in [0.5, 0.6) is 17.2 Å². The van der Waals surface area contributed by atoms with Crippen LogP contribution < -0.4 is 25.7 Å². The average molecular weight is 596 g/mol. The van der Waals surface area contributed by atoms with Crippen LogP contribution in [-0.4, -0.2) is 17.6 Å². The molecule has 0 saturated heterocycles. The summed E-state index contributed by atoms with van der Waals surface area (Å²) in [6, 6.07) is 18.2. The van der Waals surface area contributed by atoms with Gasteiger partial charge in [0.15, 0.2) is 0 Å². The Morgan fingerprint density at radius 1 is 0.905 bits per heavy atom. The summed E-state index contributed by atoms with van der Waals surface area (Å²) >= 11 is 6.37. The number of hydrogen-bond donors (Lipinski definition) is 2. The molecule has 7 nitrogen and oxygen atoms in total. The Morgan fingerprint density at radius 2 is 1.52 bits per heavy atom. The minimum Gasteiger partial charge on any atom is -0.497 e. The fraction of sp³-hybridized carbons (Fsp3) is 0.273. The number of aryl methyl sites for hydroxylation is 2. The molecule has 42 heavy (non-hydrogen) atoms. The Morgan fingerprint density at radius 3 is 2.12 bits per heavy atom. The summed E-state index contributed by atoms with van der Waals surface area (Å²) in [5.41, 5.74) is 2.11. The Labute approximate surface area is 252 Å². The molecular weight excluding hydrogens is 557 g/mol. The van der Waals surface area contributed by atoms with Gasteiger partial charge in [-0.3, -0.25) is 14.2 Å². The average Bonchev–Trinajstić information content (AvgIpc) is 2.99. The second-order valence-electron chi connectivity index (χ2n) is 8.80. The molecule has 0 aliphatic carbocycles. The van der Waals surface area contributed by atoms with Crippen LogP contribution in [0.15, 0.2) is 71.5 Å². The second kappa shape index (κ2) is 16.2. The predicted molar refractivity (Wildman–Crippen MR) is 169 cm³/mol. The van der Waals surface area contributed by atoms with E-state index >= 15 is 0 Å². The quantitative estimate of drug-likeness (QED) is 0.214. The molecule has 4 aromatic rings. The van der Waals surface area contributed by atoms with Crippen LogP contribution in [0.25, 0.3) is 0 Å². The molecule has 224 valence electrons. The van der Waals surface area contributed by atoms with E-state index in [-0.39, 0.29) is 35.1 Å². The van der Waals surface area contributed by atoms with Crippen LogP contribution in [0, 0.1) is 19.7 Å². The number of ether oxygens (including phenoxy) is 2. The number of anilines is 2. The fourth-order valence-electron chi connectivity index (χ4n) is 3.79. The van der Waals surface area contributed by atoms with E-state index < -0.39 is 17.3 Å². The van der Waals surface area contributed by atoms with Crippen LogP contribution >= 0.6 is 11.6 Å². The first-order chi connectivity index (χ1) is 20.2. The number of carbonyl (C=O) groups excluding carboxylic acids is 1. The molecule has 3 aromatic carbocycles. The molecule has 1 heterocycles. The number of nitrogens with one attached hydrogen (secondary N) is 2. The molecule has 0 unspecified atom stereocenters. The summed E-state index contributed by atoms with van der Waals surface area (Å²) in [4.78, 5) is 26.5. The first-order valence-electron chi connectivity index (χ1n) is 13.8. The van der Waals surface area contributed by atoms with Crippen molar-refractivity contribution < 1.29 is 18.7 Å². The predicted octanol–water partition coefficient (Wildman–Crippen LogP) is 8.32. The third-order valence-electron chi connectivity index (χ3n) is 5.93. The number of nitrogens with zero attached hydrogens (tertiary/aromatic N) is 1. The molecule has 1 amide bonds. The van der Waals surface area contributed by atoms with Gasteiger partial charge in [-0.25, -0.2) is 4.39 Å². The van der Waals surface area contributed by atoms with Crippen molar-refractivity contribution in [3.63, 3.8) is 0 Å². The smallest absolute Gasteiger partial charge is 0.259 e. The summed E-state index contributed by atoms with van der Waals surface area (Å²) in [6.07, 6.45) is 0. The van der Waals surface area contributed by atoms with Gasteiger partial charge in [-0.2, -0.15) is 0 Å². The highest BCUT2D eigenvalue weighted by Crippen LogP contribution is 2.35. The lowest BCUT2D eigenvalue weighted by atomic mass is 10.1. The summed E-state index contributed by atoms with van der Waals surface area (Å²) in [5.74, 6) is -0.0796. The van der Waals surface area contributed by atoms with E-state index in [9.17, 15) is 14.0 Å². The van der Waals surface area contributed by atoms with Crippen molar-refractivity contribution in [1.82, 2.24) is 9.88 Å². The molecule has 9 heteroatoms. The number of amides is 1. The first kappa shape index (κ1) is 33.9. The van der Waals surface area contributed by atoms with Crippen LogP contribution in [0.1, 0.15) is 54.7 Å². The van der Waals surface area contributed by atoms with Crippen molar-refractivity contribution in [2.24, 2.45) is 7.05 Å². The maximum Gasteiger partial charge on any atom is 0.259 e. The maximum absolute atomic E-state index is 14.8. The third-order valence-corrected chi connectivity index (χ3v) is 6.22. The molecule has 0 fully saturated rings. The van der Waals surface area contributed by atoms with E-state index in [1.54, 1.807) is 56.5 Å². The van der Waals surface area contributed by atoms with Gasteiger partial charge in [0.05, 0.1) is 17.8 Å². The van der Waals surface area contributed by atoms with Gasteiger partial charge in [-0.1, -0.05) is 63.6 Å². The van der Waals surface area contributed by atoms with E-state index in [2.05, 4.69) is 10.6 Å². The molecule has 0 atom stereocenters. The van der Waals surface area contributed by atoms with Gasteiger partial charge < -0.3 is 20.1 Å². The number of aromatic nitrogens is 1. The van der Waals surface area contributed by atoms with E-state index in [4.69, 9.17) is 21.1 Å². The van der Waals surface area contributed by atoms with Crippen LogP contribution in [-0.2, 0) is 13.6 Å². The lowest BCUT2D eigenvalue weighted by molar-refractivity contribution is 0.0948. The summed E-state index contributed by atoms with van der Waals surface area (Å²) < 4.78 is 27.2. The highest BCUT2D eigenvalue weighted by Gasteiger charge is 2.24. The van der Waals surface area contributed by atoms with Gasteiger partial charge in [0.2, 0.25) is 0 Å². The summed E-state index contributed by atoms with van der Waals surface area (Å²) in [6.45, 7) is 11.8. The normalized spacial score (nSPS) is 9.95. The highest BCUT2D eigenvalue weighted by atomic mass is 35.5. The minimum absolute atomic E-state index is 0.0113. The van der Waals surface area contributed by atoms with Crippen molar-refractivity contribution in [3.8, 4) is 17.2 Å². The van der Waals surface area contributed by atoms with Gasteiger partial charge in [-0.15, -0.1) is 0 Å². The zero-order valence-electron chi connectivity index (χ0n) is 25.4. The molecule has 0 aliphatic heterocycles. The summed E-state index contributed by atoms with van der Waals surface area (Å²) in [7, 11) is 3.06. The monoisotopic (exact) mass is 595 g/mol. The van der Waals surface area contributed by atoms with E-state index in [1.165, 1.54) is 23.7 Å². The van der Waals surface area contributed by atoms with Gasteiger partial charge in [0, 0.05) is 19.7 Å². The Hall–Kier alpha value is -4.30. The van der Waals surface area contributed by atoms with Crippen molar-refractivity contribution >= 4 is 29.0 Å². The highest BCUT2D eigenvalue weighted by molar-refractivity contribution is 6.32. The lowest BCUT2D eigenvalue weighted by Gasteiger charge is -2.20. The van der Waals surface area contributed by atoms with Crippen molar-refractivity contribution in [3.05, 3.63) is 110 Å². The summed E-state index contributed by atoms with van der Waals surface area (Å²) in [5, 5.41) is 6.09. The molecule has 0 aliphatic rings. The SMILES string of the molecule is CC.CC.COc1ccc(CNC(=O)c2c(Oc3ccc(C)cc3Cl)cc(=O)n(C)c2Nc2ccc(C)cc2F)cc1. The molecule has 0 spiro atoms. The fourth-order valence-corrected chi connectivity index (χ4v) is 4.07. The molecule has 0 radical (unpaired) electrons. The zero-order valence-corrected chi connectivity index (χ0v) is 26.2. The van der Waals surface area contributed by atoms with Crippen molar-refractivity contribution in [2.75, 3.05) is 12.4 Å². The number of rotatable bonds is 8. The minimum atomic E-state index is -0.537. The van der Waals surface area contributed by atoms with Gasteiger partial charge in [0.25, 0.3) is 11.5 Å². The first-order valence-corrected chi connectivity index (χ1v) is 14.2. The maximum atomic E-state index is 14.8. The number of carbonyl (C=O) groups is 1. The van der Waals surface area contributed by atoms with Crippen LogP contribution in [0.3, 0.4) is 0 Å². The number of pyridine rings is 1. The molecule has 2 N–H and O–H groups in total. The van der Waals surface area contributed by atoms with Crippen molar-refractivity contribution in [1.29, 1.82) is 0 Å². The zero-order chi connectivity index (χ0) is 31.4. The third kappa shape index (κ3) is 8.60. The lowest BCUT2D eigenvalue weighted by Crippen LogP contribution is -2.29. The van der Waals surface area contributed by atoms with Gasteiger partial charge >= 0.3 is 0 Å². The largest absolute Gasteiger partial charge is 0.497 e. The molecular formula is C33H39ClFN3O4. The molecule has 4 rings (SSSR count). The topological polar surface area (TPSA) is 81.6 Å². The van der Waals surface area contributed by atoms with Gasteiger partial charge in [-0.05, 0) is 66.9 Å². The molecule has 0 bridgehead atoms. The number of halogens is 2. The van der Waals surface area contributed by atoms with Crippen LogP contribution in [0.2, 0.25) is 5.02 Å². The number of hydrogen-bond acceptors (Lipinski definition) is 5. The Kier molecular flexibility index (Phi) is 13.1. The van der Waals surface area contributed by atoms with E-state index in [1.807, 2.05) is 46.8 Å². The standard InChI is InChI=1S/C29H27ClFN3O4.2C2H6/c1-17-6-12-24(21(30)13-17)38-25-15-26(35)34(3)28(33-23-11-5-18(2)14-22(23)31)27(25)29(36)32-16-19-7-9-20(37-4)10-8-19;2*1-2/h5-15,33H,16H2,1-4H3,(H,32,36);2*1-2H3. The molecule has 1 aromatic heterocycles. The number of methoxy groups -OCH3 is 1. The number of benzene rings is 3. The van der Waals surface area contributed by atoms with E-state index in [0.717, 1.165) is 16.7 Å². The van der Waals surface area contributed by atoms with E-state index in [0.29, 0.717) is 10.8 Å². The Balaban J connectivity index is 0.00000148. The second-order valence-corrected chi connectivity index (χ2v) is 9.21. The van der Waals surface area contributed by atoms with Crippen LogP contribution in [0.4, 0.5) is 15.9 Å². The van der Waals surface area contributed by atoms with Crippen molar-refractivity contribution in [2.45, 2.75) is 48.1 Å².